The number of halogens is 1. The molecule has 0 radical (unpaired) electrons. The van der Waals surface area contributed by atoms with Crippen LogP contribution in [0.5, 0.6) is 11.5 Å². The first kappa shape index (κ1) is 21.5. The summed E-state index contributed by atoms with van der Waals surface area (Å²) in [4.78, 5) is 12.6. The van der Waals surface area contributed by atoms with E-state index in [0.717, 1.165) is 17.5 Å². The van der Waals surface area contributed by atoms with Crippen molar-refractivity contribution in [3.63, 3.8) is 0 Å². The fourth-order valence-corrected chi connectivity index (χ4v) is 3.13. The van der Waals surface area contributed by atoms with Crippen molar-refractivity contribution in [2.45, 2.75) is 27.2 Å². The van der Waals surface area contributed by atoms with E-state index in [4.69, 9.17) is 9.47 Å². The van der Waals surface area contributed by atoms with E-state index in [0.29, 0.717) is 33.8 Å². The number of amides is 1. The zero-order valence-electron chi connectivity index (χ0n) is 16.4. The number of carbonyl (C=O) groups is 1. The third-order valence-electron chi connectivity index (χ3n) is 4.23. The summed E-state index contributed by atoms with van der Waals surface area (Å²) in [5.41, 5.74) is 3.37. The van der Waals surface area contributed by atoms with Gasteiger partial charge in [0.1, 0.15) is 11.6 Å². The van der Waals surface area contributed by atoms with Crippen LogP contribution in [0.2, 0.25) is 0 Å². The second kappa shape index (κ2) is 9.95. The molecule has 1 amide bonds. The summed E-state index contributed by atoms with van der Waals surface area (Å²) in [5.74, 6) is 0.666. The summed E-state index contributed by atoms with van der Waals surface area (Å²) >= 11 is 3.47. The molecule has 0 atom stereocenters. The predicted octanol–water partition coefficient (Wildman–Crippen LogP) is 5.41. The number of aryl methyl sites for hydroxylation is 1. The molecule has 0 unspecified atom stereocenters. The van der Waals surface area contributed by atoms with Gasteiger partial charge in [-0.25, -0.2) is 0 Å². The highest BCUT2D eigenvalue weighted by molar-refractivity contribution is 9.10. The van der Waals surface area contributed by atoms with Crippen LogP contribution in [0.15, 0.2) is 40.4 Å². The Kier molecular flexibility index (Phi) is 7.65. The molecule has 0 saturated heterocycles. The third-order valence-corrected chi connectivity index (χ3v) is 4.82. The van der Waals surface area contributed by atoms with Crippen molar-refractivity contribution in [3.8, 4) is 17.6 Å². The van der Waals surface area contributed by atoms with Crippen LogP contribution in [0, 0.1) is 25.2 Å². The second-order valence-corrected chi connectivity index (χ2v) is 7.11. The summed E-state index contributed by atoms with van der Waals surface area (Å²) in [5, 5.41) is 12.3. The first-order chi connectivity index (χ1) is 13.4. The Labute approximate surface area is 174 Å². The van der Waals surface area contributed by atoms with Crippen LogP contribution >= 0.6 is 15.9 Å². The quantitative estimate of drug-likeness (QED) is 0.459. The van der Waals surface area contributed by atoms with Crippen molar-refractivity contribution in [1.82, 2.24) is 0 Å². The van der Waals surface area contributed by atoms with Crippen molar-refractivity contribution < 1.29 is 14.3 Å². The van der Waals surface area contributed by atoms with Crippen molar-refractivity contribution in [2.75, 3.05) is 19.0 Å². The fourth-order valence-electron chi connectivity index (χ4n) is 2.56. The van der Waals surface area contributed by atoms with Gasteiger partial charge >= 0.3 is 0 Å². The lowest BCUT2D eigenvalue weighted by Gasteiger charge is -2.13. The van der Waals surface area contributed by atoms with Gasteiger partial charge in [0.15, 0.2) is 11.5 Å². The molecule has 1 N–H and O–H groups in total. The lowest BCUT2D eigenvalue weighted by molar-refractivity contribution is -0.112. The molecule has 0 bridgehead atoms. The minimum Gasteiger partial charge on any atom is -0.493 e. The van der Waals surface area contributed by atoms with Crippen LogP contribution in [-0.2, 0) is 4.79 Å². The van der Waals surface area contributed by atoms with E-state index in [1.54, 1.807) is 19.2 Å². The van der Waals surface area contributed by atoms with Gasteiger partial charge < -0.3 is 14.8 Å². The highest BCUT2D eigenvalue weighted by Crippen LogP contribution is 2.37. The fraction of sp³-hybridized carbons (Fsp3) is 0.273. The number of nitriles is 1. The van der Waals surface area contributed by atoms with Crippen LogP contribution in [0.3, 0.4) is 0 Å². The number of carbonyl (C=O) groups excluding carboxylic acids is 1. The lowest BCUT2D eigenvalue weighted by Crippen LogP contribution is -2.14. The Bertz CT molecular complexity index is 946. The Morgan fingerprint density at radius 2 is 2.07 bits per heavy atom. The number of methoxy groups -OCH3 is 1. The number of ether oxygens (including phenoxy) is 2. The molecule has 2 aromatic rings. The molecule has 0 saturated carbocycles. The minimum absolute atomic E-state index is 0.00270. The smallest absolute Gasteiger partial charge is 0.266 e. The van der Waals surface area contributed by atoms with E-state index < -0.39 is 5.91 Å². The van der Waals surface area contributed by atoms with E-state index in [9.17, 15) is 10.1 Å². The topological polar surface area (TPSA) is 71.3 Å². The van der Waals surface area contributed by atoms with Crippen molar-refractivity contribution in [3.05, 3.63) is 57.1 Å². The van der Waals surface area contributed by atoms with E-state index in [2.05, 4.69) is 21.2 Å². The maximum absolute atomic E-state index is 12.6. The number of hydrogen-bond donors (Lipinski definition) is 1. The van der Waals surface area contributed by atoms with E-state index in [-0.39, 0.29) is 5.57 Å². The number of nitrogens with one attached hydrogen (secondary N) is 1. The lowest BCUT2D eigenvalue weighted by atomic mass is 10.1. The van der Waals surface area contributed by atoms with Gasteiger partial charge in [-0.15, -0.1) is 0 Å². The van der Waals surface area contributed by atoms with Crippen LogP contribution < -0.4 is 14.8 Å². The maximum atomic E-state index is 12.6. The molecular weight excluding hydrogens is 420 g/mol. The molecule has 2 rings (SSSR count). The summed E-state index contributed by atoms with van der Waals surface area (Å²) in [6, 6.07) is 11.1. The van der Waals surface area contributed by atoms with Gasteiger partial charge in [0, 0.05) is 5.69 Å². The first-order valence-corrected chi connectivity index (χ1v) is 9.70. The molecule has 0 spiro atoms. The number of benzene rings is 2. The standard InChI is InChI=1S/C22H23BrN2O3/c1-5-9-28-21-18(23)11-16(12-20(21)27-4)10-17(13-24)22(26)25-19-8-6-7-14(2)15(19)3/h6-8,10-12H,5,9H2,1-4H3,(H,25,26)/b17-10-. The normalized spacial score (nSPS) is 10.9. The van der Waals surface area contributed by atoms with Gasteiger partial charge in [0.05, 0.1) is 18.2 Å². The molecule has 5 nitrogen and oxygen atoms in total. The molecule has 28 heavy (non-hydrogen) atoms. The molecule has 2 aromatic carbocycles. The molecule has 0 aromatic heterocycles. The second-order valence-electron chi connectivity index (χ2n) is 6.25. The molecule has 0 aliphatic heterocycles. The first-order valence-electron chi connectivity index (χ1n) is 8.91. The molecule has 6 heteroatoms. The summed E-state index contributed by atoms with van der Waals surface area (Å²) < 4.78 is 11.8. The third kappa shape index (κ3) is 5.14. The average molecular weight is 443 g/mol. The number of hydrogen-bond acceptors (Lipinski definition) is 4. The zero-order valence-corrected chi connectivity index (χ0v) is 18.0. The Balaban J connectivity index is 2.33. The molecule has 146 valence electrons. The van der Waals surface area contributed by atoms with Gasteiger partial charge in [-0.2, -0.15) is 5.26 Å². The average Bonchev–Trinajstić information content (AvgIpc) is 2.68. The molecular formula is C22H23BrN2O3. The SMILES string of the molecule is CCCOc1c(Br)cc(/C=C(/C#N)C(=O)Nc2cccc(C)c2C)cc1OC. The Hall–Kier alpha value is -2.78. The molecule has 0 heterocycles. The number of anilines is 1. The van der Waals surface area contributed by atoms with E-state index in [1.165, 1.54) is 6.08 Å². The Morgan fingerprint density at radius 3 is 2.71 bits per heavy atom. The molecule has 0 fully saturated rings. The van der Waals surface area contributed by atoms with Gasteiger partial charge in [-0.05, 0) is 77.2 Å². The Morgan fingerprint density at radius 1 is 1.32 bits per heavy atom. The summed E-state index contributed by atoms with van der Waals surface area (Å²) in [7, 11) is 1.55. The van der Waals surface area contributed by atoms with Gasteiger partial charge in [-0.1, -0.05) is 19.1 Å². The molecule has 0 aliphatic carbocycles. The summed E-state index contributed by atoms with van der Waals surface area (Å²) in [6.07, 6.45) is 2.39. The van der Waals surface area contributed by atoms with Crippen molar-refractivity contribution >= 4 is 33.6 Å². The maximum Gasteiger partial charge on any atom is 0.266 e. The monoisotopic (exact) mass is 442 g/mol. The largest absolute Gasteiger partial charge is 0.493 e. The van der Waals surface area contributed by atoms with Crippen molar-refractivity contribution in [1.29, 1.82) is 5.26 Å². The molecule has 0 aliphatic rings. The zero-order chi connectivity index (χ0) is 20.7. The van der Waals surface area contributed by atoms with Gasteiger partial charge in [0.2, 0.25) is 0 Å². The van der Waals surface area contributed by atoms with Crippen LogP contribution in [0.25, 0.3) is 6.08 Å². The predicted molar refractivity (Wildman–Crippen MR) is 115 cm³/mol. The van der Waals surface area contributed by atoms with Crippen LogP contribution in [0.1, 0.15) is 30.0 Å². The van der Waals surface area contributed by atoms with Crippen LogP contribution in [-0.4, -0.2) is 19.6 Å². The van der Waals surface area contributed by atoms with E-state index in [1.807, 2.05) is 45.0 Å². The number of rotatable bonds is 7. The minimum atomic E-state index is -0.461. The van der Waals surface area contributed by atoms with Gasteiger partial charge in [-0.3, -0.25) is 4.79 Å². The number of nitrogens with zero attached hydrogens (tertiary/aromatic N) is 1. The van der Waals surface area contributed by atoms with Crippen molar-refractivity contribution in [2.24, 2.45) is 0 Å². The van der Waals surface area contributed by atoms with Gasteiger partial charge in [0.25, 0.3) is 5.91 Å². The highest BCUT2D eigenvalue weighted by atomic mass is 79.9. The highest BCUT2D eigenvalue weighted by Gasteiger charge is 2.14. The van der Waals surface area contributed by atoms with Crippen LogP contribution in [0.4, 0.5) is 5.69 Å². The summed E-state index contributed by atoms with van der Waals surface area (Å²) in [6.45, 7) is 6.48. The van der Waals surface area contributed by atoms with E-state index >= 15 is 0 Å².